The summed E-state index contributed by atoms with van der Waals surface area (Å²) in [7, 11) is 1.74. The number of rotatable bonds is 4. The lowest BCUT2D eigenvalue weighted by atomic mass is 10.1. The highest BCUT2D eigenvalue weighted by atomic mass is 32.1. The third kappa shape index (κ3) is 2.84. The Hall–Kier alpha value is -1.95. The van der Waals surface area contributed by atoms with Gasteiger partial charge in [-0.2, -0.15) is 0 Å². The van der Waals surface area contributed by atoms with Crippen molar-refractivity contribution in [3.05, 3.63) is 40.9 Å². The van der Waals surface area contributed by atoms with E-state index in [9.17, 15) is 4.79 Å². The van der Waals surface area contributed by atoms with Gasteiger partial charge >= 0.3 is 0 Å². The number of nitrogens with one attached hydrogen (secondary N) is 2. The molecule has 1 amide bonds. The Labute approximate surface area is 109 Å². The summed E-state index contributed by atoms with van der Waals surface area (Å²) in [6.45, 7) is 1.94. The molecule has 1 atom stereocenters. The van der Waals surface area contributed by atoms with E-state index >= 15 is 0 Å². The van der Waals surface area contributed by atoms with Gasteiger partial charge in [0.1, 0.15) is 0 Å². The van der Waals surface area contributed by atoms with Crippen LogP contribution in [0.1, 0.15) is 28.3 Å². The van der Waals surface area contributed by atoms with Gasteiger partial charge in [0.05, 0.1) is 6.04 Å². The van der Waals surface area contributed by atoms with Crippen LogP contribution in [0.25, 0.3) is 0 Å². The number of benzene rings is 1. The van der Waals surface area contributed by atoms with Gasteiger partial charge in [0.25, 0.3) is 5.91 Å². The lowest BCUT2D eigenvalue weighted by Gasteiger charge is -2.12. The molecule has 1 unspecified atom stereocenters. The maximum atomic E-state index is 11.9. The Bertz CT molecular complexity index is 526. The molecule has 1 heterocycles. The Morgan fingerprint density at radius 2 is 2.00 bits per heavy atom. The third-order valence-corrected chi connectivity index (χ3v) is 3.42. The van der Waals surface area contributed by atoms with Crippen molar-refractivity contribution in [2.75, 3.05) is 12.4 Å². The maximum Gasteiger partial charge on any atom is 0.282 e. The quantitative estimate of drug-likeness (QED) is 0.885. The van der Waals surface area contributed by atoms with Crippen molar-refractivity contribution in [1.82, 2.24) is 15.5 Å². The van der Waals surface area contributed by atoms with E-state index in [1.165, 1.54) is 11.3 Å². The number of hydrogen-bond donors (Lipinski definition) is 2. The van der Waals surface area contributed by atoms with Crippen molar-refractivity contribution in [1.29, 1.82) is 0 Å². The van der Waals surface area contributed by atoms with Crippen molar-refractivity contribution >= 4 is 22.4 Å². The van der Waals surface area contributed by atoms with Crippen LogP contribution < -0.4 is 10.6 Å². The molecule has 18 heavy (non-hydrogen) atoms. The second-order valence-electron chi connectivity index (χ2n) is 3.77. The summed E-state index contributed by atoms with van der Waals surface area (Å²) < 4.78 is 0. The zero-order chi connectivity index (χ0) is 13.0. The molecule has 5 nitrogen and oxygen atoms in total. The molecule has 0 saturated heterocycles. The molecular formula is C12H14N4OS. The maximum absolute atomic E-state index is 11.9. The standard InChI is InChI=1S/C12H14N4OS/c1-8(9-6-4-3-5-7-9)14-10(17)11-15-16-12(13-2)18-11/h3-8H,1-2H3,(H,13,16)(H,14,17). The minimum atomic E-state index is -0.203. The topological polar surface area (TPSA) is 66.9 Å². The van der Waals surface area contributed by atoms with Crippen molar-refractivity contribution in [2.45, 2.75) is 13.0 Å². The first-order valence-electron chi connectivity index (χ1n) is 5.57. The molecular weight excluding hydrogens is 248 g/mol. The van der Waals surface area contributed by atoms with Crippen LogP contribution in [0.15, 0.2) is 30.3 Å². The van der Waals surface area contributed by atoms with Gasteiger partial charge in [0.2, 0.25) is 10.1 Å². The van der Waals surface area contributed by atoms with Crippen LogP contribution in [0.4, 0.5) is 5.13 Å². The van der Waals surface area contributed by atoms with Crippen LogP contribution in [0.2, 0.25) is 0 Å². The van der Waals surface area contributed by atoms with E-state index in [1.807, 2.05) is 37.3 Å². The van der Waals surface area contributed by atoms with Crippen molar-refractivity contribution in [2.24, 2.45) is 0 Å². The van der Waals surface area contributed by atoms with E-state index in [2.05, 4.69) is 20.8 Å². The number of carbonyl (C=O) groups excluding carboxylic acids is 1. The van der Waals surface area contributed by atoms with E-state index in [0.717, 1.165) is 5.56 Å². The number of nitrogens with zero attached hydrogens (tertiary/aromatic N) is 2. The summed E-state index contributed by atoms with van der Waals surface area (Å²) in [4.78, 5) is 11.9. The highest BCUT2D eigenvalue weighted by Crippen LogP contribution is 2.16. The lowest BCUT2D eigenvalue weighted by Crippen LogP contribution is -2.26. The first kappa shape index (κ1) is 12.5. The highest BCUT2D eigenvalue weighted by Gasteiger charge is 2.15. The summed E-state index contributed by atoms with van der Waals surface area (Å²) in [5, 5.41) is 14.4. The van der Waals surface area contributed by atoms with Crippen LogP contribution >= 0.6 is 11.3 Å². The fraction of sp³-hybridized carbons (Fsp3) is 0.250. The molecule has 0 aliphatic rings. The Morgan fingerprint density at radius 3 is 2.61 bits per heavy atom. The number of anilines is 1. The van der Waals surface area contributed by atoms with Crippen LogP contribution in [0.3, 0.4) is 0 Å². The second-order valence-corrected chi connectivity index (χ2v) is 4.75. The number of aromatic nitrogens is 2. The van der Waals surface area contributed by atoms with Crippen LogP contribution in [-0.2, 0) is 0 Å². The first-order valence-corrected chi connectivity index (χ1v) is 6.39. The zero-order valence-corrected chi connectivity index (χ0v) is 11.0. The molecule has 6 heteroatoms. The third-order valence-electron chi connectivity index (χ3n) is 2.48. The molecule has 94 valence electrons. The fourth-order valence-corrected chi connectivity index (χ4v) is 2.10. The molecule has 0 aliphatic heterocycles. The molecule has 2 rings (SSSR count). The normalized spacial score (nSPS) is 11.9. The van der Waals surface area contributed by atoms with Crippen molar-refractivity contribution in [3.63, 3.8) is 0 Å². The summed E-state index contributed by atoms with van der Waals surface area (Å²) in [6, 6.07) is 9.74. The molecule has 1 aromatic heterocycles. The molecule has 0 aliphatic carbocycles. The van der Waals surface area contributed by atoms with Crippen LogP contribution in [-0.4, -0.2) is 23.2 Å². The van der Waals surface area contributed by atoms with E-state index in [0.29, 0.717) is 10.1 Å². The Morgan fingerprint density at radius 1 is 1.28 bits per heavy atom. The monoisotopic (exact) mass is 262 g/mol. The van der Waals surface area contributed by atoms with Gasteiger partial charge in [0, 0.05) is 7.05 Å². The highest BCUT2D eigenvalue weighted by molar-refractivity contribution is 7.17. The zero-order valence-electron chi connectivity index (χ0n) is 10.2. The fourth-order valence-electron chi connectivity index (χ4n) is 1.50. The van der Waals surface area contributed by atoms with Gasteiger partial charge in [-0.05, 0) is 12.5 Å². The number of hydrogen-bond acceptors (Lipinski definition) is 5. The van der Waals surface area contributed by atoms with Gasteiger partial charge in [0.15, 0.2) is 0 Å². The predicted octanol–water partition coefficient (Wildman–Crippen LogP) is 2.07. The second kappa shape index (κ2) is 5.59. The van der Waals surface area contributed by atoms with Gasteiger partial charge in [-0.25, -0.2) is 0 Å². The molecule has 0 saturated carbocycles. The molecule has 0 radical (unpaired) electrons. The van der Waals surface area contributed by atoms with Crippen LogP contribution in [0, 0.1) is 0 Å². The predicted molar refractivity (Wildman–Crippen MR) is 71.8 cm³/mol. The van der Waals surface area contributed by atoms with Gasteiger partial charge in [-0.1, -0.05) is 41.7 Å². The van der Waals surface area contributed by atoms with E-state index in [4.69, 9.17) is 0 Å². The Balaban J connectivity index is 2.03. The van der Waals surface area contributed by atoms with Gasteiger partial charge < -0.3 is 10.6 Å². The van der Waals surface area contributed by atoms with Gasteiger partial charge in [-0.3, -0.25) is 4.79 Å². The summed E-state index contributed by atoms with van der Waals surface area (Å²) in [5.74, 6) is -0.203. The molecule has 0 bridgehead atoms. The minimum absolute atomic E-state index is 0.0550. The van der Waals surface area contributed by atoms with E-state index in [-0.39, 0.29) is 11.9 Å². The van der Waals surface area contributed by atoms with E-state index < -0.39 is 0 Å². The summed E-state index contributed by atoms with van der Waals surface area (Å²) in [5.41, 5.74) is 1.06. The Kier molecular flexibility index (Phi) is 3.88. The smallest absolute Gasteiger partial charge is 0.282 e. The summed E-state index contributed by atoms with van der Waals surface area (Å²) in [6.07, 6.45) is 0. The van der Waals surface area contributed by atoms with Crippen molar-refractivity contribution in [3.8, 4) is 0 Å². The molecule has 0 fully saturated rings. The molecule has 2 N–H and O–H groups in total. The van der Waals surface area contributed by atoms with E-state index in [1.54, 1.807) is 7.05 Å². The average molecular weight is 262 g/mol. The average Bonchev–Trinajstić information content (AvgIpc) is 2.88. The molecule has 2 aromatic rings. The largest absolute Gasteiger partial charge is 0.363 e. The SMILES string of the molecule is CNc1nnc(C(=O)NC(C)c2ccccc2)s1. The van der Waals surface area contributed by atoms with Gasteiger partial charge in [-0.15, -0.1) is 10.2 Å². The lowest BCUT2D eigenvalue weighted by molar-refractivity contribution is 0.0939. The number of carbonyl (C=O) groups is 1. The molecule has 0 spiro atoms. The molecule has 1 aromatic carbocycles. The van der Waals surface area contributed by atoms with Crippen LogP contribution in [0.5, 0.6) is 0 Å². The first-order chi connectivity index (χ1) is 8.70. The van der Waals surface area contributed by atoms with Crippen molar-refractivity contribution < 1.29 is 4.79 Å². The summed E-state index contributed by atoms with van der Waals surface area (Å²) >= 11 is 1.23. The minimum Gasteiger partial charge on any atom is -0.363 e. The number of amides is 1.